The molecule has 1 rings (SSSR count). The SMILES string of the molecule is O=[N+]([O-])c1ncc(C(F)(F)F)c(S(=O)(=O)Cl)c1OC(F)(F)F. The summed E-state index contributed by atoms with van der Waals surface area (Å²) < 4.78 is 99.9. The van der Waals surface area contributed by atoms with Crippen molar-refractivity contribution in [1.82, 2.24) is 4.98 Å². The maximum absolute atomic E-state index is 12.7. The quantitative estimate of drug-likeness (QED) is 0.349. The Kier molecular flexibility index (Phi) is 4.49. The fourth-order valence-electron chi connectivity index (χ4n) is 1.25. The third kappa shape index (κ3) is 4.09. The molecule has 0 saturated heterocycles. The van der Waals surface area contributed by atoms with Crippen LogP contribution in [-0.2, 0) is 15.2 Å². The summed E-state index contributed by atoms with van der Waals surface area (Å²) in [5.41, 5.74) is -2.24. The van der Waals surface area contributed by atoms with Gasteiger partial charge in [-0.15, -0.1) is 13.2 Å². The molecule has 0 atom stereocenters. The molecule has 15 heteroatoms. The summed E-state index contributed by atoms with van der Waals surface area (Å²) in [7, 11) is -0.838. The van der Waals surface area contributed by atoms with Crippen molar-refractivity contribution in [2.24, 2.45) is 0 Å². The van der Waals surface area contributed by atoms with E-state index in [1.54, 1.807) is 0 Å². The molecule has 0 bridgehead atoms. The molecule has 0 aliphatic rings. The molecule has 0 fully saturated rings. The molecule has 0 radical (unpaired) electrons. The summed E-state index contributed by atoms with van der Waals surface area (Å²) in [4.78, 5) is 9.15. The molecule has 0 saturated carbocycles. The van der Waals surface area contributed by atoms with Crippen LogP contribution in [0.1, 0.15) is 5.56 Å². The Hall–Kier alpha value is -1.83. The summed E-state index contributed by atoms with van der Waals surface area (Å²) in [5.74, 6) is -4.17. The predicted molar refractivity (Wildman–Crippen MR) is 55.6 cm³/mol. The first-order valence-electron chi connectivity index (χ1n) is 4.59. The fourth-order valence-corrected chi connectivity index (χ4v) is 2.49. The van der Waals surface area contributed by atoms with E-state index in [-0.39, 0.29) is 6.20 Å². The molecule has 1 aromatic rings. The van der Waals surface area contributed by atoms with Gasteiger partial charge in [-0.1, -0.05) is 0 Å². The van der Waals surface area contributed by atoms with Gasteiger partial charge >= 0.3 is 18.4 Å². The summed E-state index contributed by atoms with van der Waals surface area (Å²) in [6.07, 6.45) is -11.6. The smallest absolute Gasteiger partial charge is 0.395 e. The van der Waals surface area contributed by atoms with Crippen molar-refractivity contribution < 1.29 is 44.4 Å². The van der Waals surface area contributed by atoms with Gasteiger partial charge in [0.05, 0.1) is 0 Å². The summed E-state index contributed by atoms with van der Waals surface area (Å²) in [6.45, 7) is 0. The third-order valence-corrected chi connectivity index (χ3v) is 3.27. The van der Waals surface area contributed by atoms with Gasteiger partial charge in [-0.3, -0.25) is 0 Å². The summed E-state index contributed by atoms with van der Waals surface area (Å²) in [6, 6.07) is 0. The van der Waals surface area contributed by atoms with Crippen LogP contribution < -0.4 is 4.74 Å². The molecule has 22 heavy (non-hydrogen) atoms. The number of hydrogen-bond acceptors (Lipinski definition) is 6. The maximum atomic E-state index is 12.7. The van der Waals surface area contributed by atoms with Crippen molar-refractivity contribution in [3.05, 3.63) is 21.9 Å². The van der Waals surface area contributed by atoms with E-state index in [1.807, 2.05) is 0 Å². The van der Waals surface area contributed by atoms with E-state index in [0.717, 1.165) is 0 Å². The van der Waals surface area contributed by atoms with E-state index in [0.29, 0.717) is 0 Å². The van der Waals surface area contributed by atoms with E-state index in [9.17, 15) is 44.9 Å². The lowest BCUT2D eigenvalue weighted by Gasteiger charge is -2.14. The van der Waals surface area contributed by atoms with E-state index in [4.69, 9.17) is 0 Å². The molecule has 1 aromatic heterocycles. The van der Waals surface area contributed by atoms with Crippen LogP contribution >= 0.6 is 10.7 Å². The zero-order valence-corrected chi connectivity index (χ0v) is 11.1. The molecule has 7 nitrogen and oxygen atoms in total. The lowest BCUT2D eigenvalue weighted by molar-refractivity contribution is -0.393. The highest BCUT2D eigenvalue weighted by atomic mass is 35.7. The lowest BCUT2D eigenvalue weighted by Crippen LogP contribution is -2.22. The van der Waals surface area contributed by atoms with E-state index < -0.39 is 48.5 Å². The van der Waals surface area contributed by atoms with Crippen LogP contribution in [0.5, 0.6) is 5.75 Å². The molecular formula is C7HClF6N2O5S. The number of alkyl halides is 6. The Morgan fingerprint density at radius 3 is 2.05 bits per heavy atom. The number of rotatable bonds is 3. The van der Waals surface area contributed by atoms with Crippen molar-refractivity contribution in [1.29, 1.82) is 0 Å². The van der Waals surface area contributed by atoms with Gasteiger partial charge < -0.3 is 14.9 Å². The van der Waals surface area contributed by atoms with Crippen molar-refractivity contribution in [2.45, 2.75) is 17.4 Å². The van der Waals surface area contributed by atoms with Gasteiger partial charge in [0.15, 0.2) is 6.20 Å². The lowest BCUT2D eigenvalue weighted by atomic mass is 10.2. The molecule has 1 heterocycles. The molecule has 0 amide bonds. The minimum absolute atomic E-state index is 0.337. The van der Waals surface area contributed by atoms with Gasteiger partial charge in [0, 0.05) is 10.7 Å². The first-order valence-corrected chi connectivity index (χ1v) is 6.90. The van der Waals surface area contributed by atoms with E-state index in [1.165, 1.54) is 0 Å². The van der Waals surface area contributed by atoms with Crippen molar-refractivity contribution in [3.8, 4) is 5.75 Å². The molecule has 0 spiro atoms. The normalized spacial score (nSPS) is 13.0. The highest BCUT2D eigenvalue weighted by Gasteiger charge is 2.46. The number of pyridine rings is 1. The average Bonchev–Trinajstić information content (AvgIpc) is 2.22. The van der Waals surface area contributed by atoms with Crippen LogP contribution in [0, 0.1) is 10.1 Å². The van der Waals surface area contributed by atoms with Crippen LogP contribution in [0.25, 0.3) is 0 Å². The number of nitro groups is 1. The first kappa shape index (κ1) is 18.2. The number of nitrogens with zero attached hydrogens (tertiary/aromatic N) is 2. The molecule has 0 unspecified atom stereocenters. The van der Waals surface area contributed by atoms with Gasteiger partial charge in [0.25, 0.3) is 9.05 Å². The predicted octanol–water partition coefficient (Wildman–Crippen LogP) is 2.83. The summed E-state index contributed by atoms with van der Waals surface area (Å²) in [5, 5.41) is 10.5. The molecule has 0 aromatic carbocycles. The highest BCUT2D eigenvalue weighted by Crippen LogP contribution is 2.44. The van der Waals surface area contributed by atoms with Crippen LogP contribution in [0.2, 0.25) is 0 Å². The molecular weight excluding hydrogens is 374 g/mol. The monoisotopic (exact) mass is 374 g/mol. The van der Waals surface area contributed by atoms with E-state index >= 15 is 0 Å². The van der Waals surface area contributed by atoms with Crippen LogP contribution in [0.15, 0.2) is 11.1 Å². The first-order chi connectivity index (χ1) is 9.64. The Morgan fingerprint density at radius 1 is 1.23 bits per heavy atom. The van der Waals surface area contributed by atoms with Crippen LogP contribution in [0.3, 0.4) is 0 Å². The second-order valence-corrected chi connectivity index (χ2v) is 5.90. The molecule has 0 aliphatic carbocycles. The molecule has 0 N–H and O–H groups in total. The second-order valence-electron chi connectivity index (χ2n) is 3.39. The molecule has 0 aliphatic heterocycles. The summed E-state index contributed by atoms with van der Waals surface area (Å²) >= 11 is 0. The maximum Gasteiger partial charge on any atom is 0.573 e. The number of hydrogen-bond donors (Lipinski definition) is 0. The Morgan fingerprint density at radius 2 is 1.73 bits per heavy atom. The average molecular weight is 375 g/mol. The van der Waals surface area contributed by atoms with Crippen molar-refractivity contribution >= 4 is 25.6 Å². The minimum atomic E-state index is -5.73. The minimum Gasteiger partial charge on any atom is -0.395 e. The topological polar surface area (TPSA) is 99.4 Å². The van der Waals surface area contributed by atoms with Crippen LogP contribution in [-0.4, -0.2) is 24.7 Å². The Bertz CT molecular complexity index is 715. The van der Waals surface area contributed by atoms with Gasteiger partial charge in [-0.05, 0) is 9.91 Å². The zero-order valence-electron chi connectivity index (χ0n) is 9.57. The van der Waals surface area contributed by atoms with Gasteiger partial charge in [-0.25, -0.2) is 8.42 Å². The largest absolute Gasteiger partial charge is 0.573 e. The molecule has 124 valence electrons. The van der Waals surface area contributed by atoms with Gasteiger partial charge in [0.1, 0.15) is 10.5 Å². The fraction of sp³-hybridized carbons (Fsp3) is 0.286. The Labute approximate surface area is 121 Å². The van der Waals surface area contributed by atoms with Crippen LogP contribution in [0.4, 0.5) is 32.2 Å². The standard InChI is InChI=1S/C7HClF6N2O5S/c8-22(19,20)4-2(6(9,10)11)1-15-5(16(17)18)3(4)21-7(12,13)14/h1H. The second kappa shape index (κ2) is 5.42. The number of halogens is 7. The number of ether oxygens (including phenoxy) is 1. The van der Waals surface area contributed by atoms with Crippen molar-refractivity contribution in [2.75, 3.05) is 0 Å². The Balaban J connectivity index is 3.91. The highest BCUT2D eigenvalue weighted by molar-refractivity contribution is 8.13. The van der Waals surface area contributed by atoms with Gasteiger partial charge in [-0.2, -0.15) is 13.2 Å². The van der Waals surface area contributed by atoms with Gasteiger partial charge in [0.2, 0.25) is 5.75 Å². The zero-order chi connectivity index (χ0) is 17.5. The van der Waals surface area contributed by atoms with E-state index in [2.05, 4.69) is 20.4 Å². The number of aromatic nitrogens is 1. The third-order valence-electron chi connectivity index (χ3n) is 1.91. The van der Waals surface area contributed by atoms with Crippen molar-refractivity contribution in [3.63, 3.8) is 0 Å².